The highest BCUT2D eigenvalue weighted by atomic mass is 19.3. The average molecular weight is 358 g/mol. The lowest BCUT2D eigenvalue weighted by Gasteiger charge is -2.28. The molecule has 0 unspecified atom stereocenters. The summed E-state index contributed by atoms with van der Waals surface area (Å²) in [5.74, 6) is -0.363. The van der Waals surface area contributed by atoms with Gasteiger partial charge in [0.2, 0.25) is 12.4 Å². The Morgan fingerprint density at radius 1 is 1.48 bits per heavy atom. The second kappa shape index (κ2) is 6.80. The number of ether oxygens (including phenoxy) is 1. The number of nitrogens with zero attached hydrogens (tertiary/aromatic N) is 3. The fraction of sp³-hybridized carbons (Fsp3) is 0.625. The van der Waals surface area contributed by atoms with E-state index >= 15 is 0 Å². The maximum atomic E-state index is 14.2. The molecule has 0 spiro atoms. The minimum Gasteiger partial charge on any atom is -0.389 e. The third-order valence-electron chi connectivity index (χ3n) is 4.47. The summed E-state index contributed by atoms with van der Waals surface area (Å²) in [4.78, 5) is 4.07. The van der Waals surface area contributed by atoms with E-state index in [1.165, 1.54) is 16.8 Å². The molecule has 2 atom stereocenters. The van der Waals surface area contributed by atoms with Crippen LogP contribution < -0.4 is 5.32 Å². The number of aromatic nitrogens is 3. The maximum absolute atomic E-state index is 14.2. The minimum absolute atomic E-state index is 0.121. The normalized spacial score (nSPS) is 21.9. The van der Waals surface area contributed by atoms with Gasteiger partial charge in [0, 0.05) is 18.4 Å². The monoisotopic (exact) mass is 358 g/mol. The van der Waals surface area contributed by atoms with Gasteiger partial charge in [0.05, 0.1) is 30.6 Å². The van der Waals surface area contributed by atoms with Gasteiger partial charge in [-0.05, 0) is 12.5 Å². The molecule has 1 fully saturated rings. The molecule has 0 bridgehead atoms. The van der Waals surface area contributed by atoms with E-state index in [0.717, 1.165) is 0 Å². The van der Waals surface area contributed by atoms with Gasteiger partial charge < -0.3 is 15.2 Å². The van der Waals surface area contributed by atoms with Crippen molar-refractivity contribution in [3.05, 3.63) is 23.8 Å². The predicted molar refractivity (Wildman–Crippen MR) is 85.4 cm³/mol. The molecule has 1 aliphatic rings. The molecule has 1 aliphatic heterocycles. The fourth-order valence-corrected chi connectivity index (χ4v) is 3.05. The topological polar surface area (TPSA) is 71.7 Å². The van der Waals surface area contributed by atoms with Crippen LogP contribution in [0.3, 0.4) is 0 Å². The Balaban J connectivity index is 1.94. The van der Waals surface area contributed by atoms with Crippen LogP contribution in [-0.4, -0.2) is 51.5 Å². The molecule has 2 N–H and O–H groups in total. The van der Waals surface area contributed by atoms with Gasteiger partial charge in [0.1, 0.15) is 5.52 Å². The van der Waals surface area contributed by atoms with E-state index in [4.69, 9.17) is 4.74 Å². The Bertz CT molecular complexity index is 750. The quantitative estimate of drug-likeness (QED) is 0.859. The molecule has 1 saturated heterocycles. The first kappa shape index (κ1) is 17.9. The van der Waals surface area contributed by atoms with E-state index in [1.807, 2.05) is 0 Å². The molecule has 0 aliphatic carbocycles. The molecule has 6 nitrogen and oxygen atoms in total. The van der Waals surface area contributed by atoms with Crippen molar-refractivity contribution in [2.24, 2.45) is 0 Å². The number of hydrogen-bond acceptors (Lipinski definition) is 5. The van der Waals surface area contributed by atoms with Gasteiger partial charge in [-0.1, -0.05) is 13.8 Å². The highest BCUT2D eigenvalue weighted by Gasteiger charge is 2.31. The Kier molecular flexibility index (Phi) is 4.88. The lowest BCUT2D eigenvalue weighted by Crippen LogP contribution is -2.42. The van der Waals surface area contributed by atoms with Crippen molar-refractivity contribution in [2.75, 3.05) is 18.5 Å². The van der Waals surface area contributed by atoms with Gasteiger partial charge in [-0.25, -0.2) is 22.7 Å². The predicted octanol–water partition coefficient (Wildman–Crippen LogP) is 2.36. The number of aliphatic hydroxyl groups is 1. The first-order chi connectivity index (χ1) is 11.8. The Morgan fingerprint density at radius 2 is 2.24 bits per heavy atom. The van der Waals surface area contributed by atoms with Crippen LogP contribution in [-0.2, 0) is 10.2 Å². The zero-order valence-corrected chi connectivity index (χ0v) is 14.0. The Morgan fingerprint density at radius 3 is 2.92 bits per heavy atom. The van der Waals surface area contributed by atoms with Crippen LogP contribution in [0.4, 0.5) is 19.1 Å². The summed E-state index contributed by atoms with van der Waals surface area (Å²) in [6.07, 6.45) is -1.75. The highest BCUT2D eigenvalue weighted by molar-refractivity contribution is 5.51. The SMILES string of the molecule is CC(C)(CC(F)F)c1cc(F)c2cnc(N[C@@H]3CCOC[C@H]3O)nn12. The number of hydrogen-bond donors (Lipinski definition) is 2. The van der Waals surface area contributed by atoms with Crippen LogP contribution in [0.5, 0.6) is 0 Å². The number of nitrogens with one attached hydrogen (secondary N) is 1. The summed E-state index contributed by atoms with van der Waals surface area (Å²) >= 11 is 0. The van der Waals surface area contributed by atoms with E-state index < -0.39 is 30.2 Å². The summed E-state index contributed by atoms with van der Waals surface area (Å²) < 4.78 is 46.4. The van der Waals surface area contributed by atoms with E-state index in [9.17, 15) is 18.3 Å². The van der Waals surface area contributed by atoms with Gasteiger partial charge in [0.25, 0.3) is 0 Å². The molecule has 2 aromatic rings. The maximum Gasteiger partial charge on any atom is 0.241 e. The summed E-state index contributed by atoms with van der Waals surface area (Å²) in [5, 5.41) is 17.2. The van der Waals surface area contributed by atoms with Crippen LogP contribution in [0.1, 0.15) is 32.4 Å². The molecule has 2 aromatic heterocycles. The second-order valence-electron chi connectivity index (χ2n) is 6.92. The molecule has 0 radical (unpaired) electrons. The molecule has 9 heteroatoms. The van der Waals surface area contributed by atoms with E-state index in [0.29, 0.717) is 18.7 Å². The third kappa shape index (κ3) is 3.72. The molecule has 3 rings (SSSR count). The summed E-state index contributed by atoms with van der Waals surface area (Å²) in [5.41, 5.74) is -0.501. The van der Waals surface area contributed by atoms with E-state index in [-0.39, 0.29) is 24.1 Å². The van der Waals surface area contributed by atoms with E-state index in [2.05, 4.69) is 15.4 Å². The van der Waals surface area contributed by atoms with Crippen molar-refractivity contribution < 1.29 is 23.0 Å². The van der Waals surface area contributed by atoms with Gasteiger partial charge in [-0.3, -0.25) is 0 Å². The summed E-state index contributed by atoms with van der Waals surface area (Å²) in [6.45, 7) is 3.96. The van der Waals surface area contributed by atoms with Gasteiger partial charge >= 0.3 is 0 Å². The van der Waals surface area contributed by atoms with Crippen molar-refractivity contribution in [1.29, 1.82) is 0 Å². The summed E-state index contributed by atoms with van der Waals surface area (Å²) in [6, 6.07) is 0.934. The van der Waals surface area contributed by atoms with Crippen LogP contribution in [0, 0.1) is 5.82 Å². The minimum atomic E-state index is -2.51. The van der Waals surface area contributed by atoms with E-state index in [1.54, 1.807) is 13.8 Å². The van der Waals surface area contributed by atoms with Crippen LogP contribution in [0.15, 0.2) is 12.3 Å². The average Bonchev–Trinajstić information content (AvgIpc) is 2.86. The van der Waals surface area contributed by atoms with Crippen molar-refractivity contribution in [2.45, 2.75) is 50.7 Å². The van der Waals surface area contributed by atoms with Crippen molar-refractivity contribution in [3.8, 4) is 0 Å². The third-order valence-corrected chi connectivity index (χ3v) is 4.47. The summed E-state index contributed by atoms with van der Waals surface area (Å²) in [7, 11) is 0. The van der Waals surface area contributed by atoms with Gasteiger partial charge in [0.15, 0.2) is 5.82 Å². The zero-order valence-electron chi connectivity index (χ0n) is 14.0. The molecule has 0 amide bonds. The standard InChI is InChI=1S/C16H21F3N4O2/c1-16(2,6-14(18)19)13-5-9(17)11-7-20-15(22-23(11)13)21-10-3-4-25-8-12(10)24/h5,7,10,12,14,24H,3-4,6,8H2,1-2H3,(H,21,22)/t10-,12-/m1/s1. The van der Waals surface area contributed by atoms with Crippen molar-refractivity contribution in [3.63, 3.8) is 0 Å². The number of aliphatic hydroxyl groups excluding tert-OH is 1. The zero-order chi connectivity index (χ0) is 18.2. The smallest absolute Gasteiger partial charge is 0.241 e. The molecular weight excluding hydrogens is 337 g/mol. The van der Waals surface area contributed by atoms with Crippen LogP contribution >= 0.6 is 0 Å². The number of fused-ring (bicyclic) bond motifs is 1. The van der Waals surface area contributed by atoms with Crippen LogP contribution in [0.2, 0.25) is 0 Å². The molecule has 25 heavy (non-hydrogen) atoms. The first-order valence-corrected chi connectivity index (χ1v) is 8.13. The van der Waals surface area contributed by atoms with Gasteiger partial charge in [-0.2, -0.15) is 0 Å². The number of anilines is 1. The lowest BCUT2D eigenvalue weighted by molar-refractivity contribution is -0.0136. The Hall–Kier alpha value is -1.87. The number of rotatable bonds is 5. The van der Waals surface area contributed by atoms with Crippen LogP contribution in [0.25, 0.3) is 5.52 Å². The number of alkyl halides is 2. The number of halogens is 3. The molecule has 0 saturated carbocycles. The molecule has 0 aromatic carbocycles. The fourth-order valence-electron chi connectivity index (χ4n) is 3.05. The van der Waals surface area contributed by atoms with Crippen molar-refractivity contribution >= 4 is 11.5 Å². The highest BCUT2D eigenvalue weighted by Crippen LogP contribution is 2.32. The molecular formula is C16H21F3N4O2. The largest absolute Gasteiger partial charge is 0.389 e. The van der Waals surface area contributed by atoms with Gasteiger partial charge in [-0.15, -0.1) is 5.10 Å². The first-order valence-electron chi connectivity index (χ1n) is 8.13. The lowest BCUT2D eigenvalue weighted by atomic mass is 9.86. The molecule has 3 heterocycles. The van der Waals surface area contributed by atoms with Crippen molar-refractivity contribution in [1.82, 2.24) is 14.6 Å². The molecule has 138 valence electrons. The second-order valence-corrected chi connectivity index (χ2v) is 6.92. The Labute approximate surface area is 143 Å².